The van der Waals surface area contributed by atoms with Crippen LogP contribution in [-0.4, -0.2) is 28.0 Å². The Labute approximate surface area is 94.8 Å². The van der Waals surface area contributed by atoms with Crippen LogP contribution in [-0.2, 0) is 29.1 Å². The summed E-state index contributed by atoms with van der Waals surface area (Å²) in [7, 11) is 1.60. The number of carbonyl (C=O) groups excluding carboxylic acids is 1. The normalized spacial score (nSPS) is 11.0. The maximum absolute atomic E-state index is 10.9. The van der Waals surface area contributed by atoms with Gasteiger partial charge in [-0.25, -0.2) is 4.68 Å². The highest BCUT2D eigenvalue weighted by atomic mass is 16.5. The zero-order valence-corrected chi connectivity index (χ0v) is 9.93. The molecule has 0 saturated heterocycles. The lowest BCUT2D eigenvalue weighted by atomic mass is 10.2. The first-order valence-corrected chi connectivity index (χ1v) is 5.23. The largest absolute Gasteiger partial charge is 0.378 e. The Morgan fingerprint density at radius 3 is 2.75 bits per heavy atom. The molecule has 6 heteroatoms. The van der Waals surface area contributed by atoms with Crippen molar-refractivity contribution < 1.29 is 9.53 Å². The monoisotopic (exact) mass is 226 g/mol. The molecule has 0 radical (unpaired) electrons. The number of carbonyl (C=O) groups is 1. The molecule has 6 nitrogen and oxygen atoms in total. The summed E-state index contributed by atoms with van der Waals surface area (Å²) in [5.74, 6) is 0.0488. The number of methoxy groups -OCH3 is 1. The molecule has 1 aromatic heterocycles. The van der Waals surface area contributed by atoms with Crippen LogP contribution in [0, 0.1) is 5.92 Å². The maximum Gasteiger partial charge on any atom is 0.223 e. The van der Waals surface area contributed by atoms with E-state index in [2.05, 4.69) is 24.2 Å². The van der Waals surface area contributed by atoms with Crippen LogP contribution in [0.4, 0.5) is 0 Å². The summed E-state index contributed by atoms with van der Waals surface area (Å²) in [5.41, 5.74) is 6.58. The number of nitrogens with zero attached hydrogens (tertiary/aromatic N) is 3. The van der Waals surface area contributed by atoms with Gasteiger partial charge in [-0.2, -0.15) is 0 Å². The first-order valence-electron chi connectivity index (χ1n) is 5.23. The highest BCUT2D eigenvalue weighted by Gasteiger charge is 2.15. The van der Waals surface area contributed by atoms with Crippen molar-refractivity contribution >= 4 is 5.91 Å². The molecule has 0 aromatic carbocycles. The average Bonchev–Trinajstić information content (AvgIpc) is 2.49. The molecule has 0 aliphatic heterocycles. The van der Waals surface area contributed by atoms with Gasteiger partial charge in [0.25, 0.3) is 0 Å². The van der Waals surface area contributed by atoms with E-state index >= 15 is 0 Å². The van der Waals surface area contributed by atoms with Gasteiger partial charge < -0.3 is 10.5 Å². The van der Waals surface area contributed by atoms with Crippen LogP contribution in [0.15, 0.2) is 0 Å². The summed E-state index contributed by atoms with van der Waals surface area (Å²) in [6, 6.07) is 0. The molecule has 90 valence electrons. The number of rotatable bonds is 6. The SMILES string of the molecule is COCc1c(CC(N)=O)nnn1CC(C)C. The average molecular weight is 226 g/mol. The van der Waals surface area contributed by atoms with Gasteiger partial charge in [0.1, 0.15) is 0 Å². The van der Waals surface area contributed by atoms with Crippen molar-refractivity contribution in [1.29, 1.82) is 0 Å². The molecular formula is C10H18N4O2. The number of hydrogen-bond acceptors (Lipinski definition) is 4. The molecule has 0 saturated carbocycles. The predicted octanol–water partition coefficient (Wildman–Crippen LogP) is 0.108. The predicted molar refractivity (Wildman–Crippen MR) is 58.5 cm³/mol. The molecule has 1 aromatic rings. The molecule has 1 amide bonds. The van der Waals surface area contributed by atoms with E-state index in [-0.39, 0.29) is 6.42 Å². The van der Waals surface area contributed by atoms with Gasteiger partial charge in [0.05, 0.1) is 24.4 Å². The van der Waals surface area contributed by atoms with Gasteiger partial charge in [-0.3, -0.25) is 4.79 Å². The van der Waals surface area contributed by atoms with E-state index in [0.29, 0.717) is 18.2 Å². The summed E-state index contributed by atoms with van der Waals surface area (Å²) < 4.78 is 6.85. The second-order valence-electron chi connectivity index (χ2n) is 4.13. The topological polar surface area (TPSA) is 83.0 Å². The fourth-order valence-corrected chi connectivity index (χ4v) is 1.46. The van der Waals surface area contributed by atoms with Gasteiger partial charge in [0.2, 0.25) is 5.91 Å². The molecule has 0 spiro atoms. The van der Waals surface area contributed by atoms with E-state index in [1.807, 2.05) is 0 Å². The third-order valence-electron chi connectivity index (χ3n) is 2.08. The van der Waals surface area contributed by atoms with E-state index in [1.54, 1.807) is 11.8 Å². The minimum atomic E-state index is -0.408. The van der Waals surface area contributed by atoms with Crippen LogP contribution in [0.25, 0.3) is 0 Å². The molecule has 16 heavy (non-hydrogen) atoms. The van der Waals surface area contributed by atoms with E-state index in [9.17, 15) is 4.79 Å². The Morgan fingerprint density at radius 1 is 1.56 bits per heavy atom. The van der Waals surface area contributed by atoms with Gasteiger partial charge in [0, 0.05) is 13.7 Å². The fraction of sp³-hybridized carbons (Fsp3) is 0.700. The minimum Gasteiger partial charge on any atom is -0.378 e. The van der Waals surface area contributed by atoms with Crippen LogP contribution >= 0.6 is 0 Å². The van der Waals surface area contributed by atoms with Crippen LogP contribution in [0.2, 0.25) is 0 Å². The third-order valence-corrected chi connectivity index (χ3v) is 2.08. The van der Waals surface area contributed by atoms with Crippen LogP contribution in [0.5, 0.6) is 0 Å². The van der Waals surface area contributed by atoms with Crippen molar-refractivity contribution in [3.63, 3.8) is 0 Å². The zero-order chi connectivity index (χ0) is 12.1. The van der Waals surface area contributed by atoms with Gasteiger partial charge in [-0.15, -0.1) is 5.10 Å². The lowest BCUT2D eigenvalue weighted by Gasteiger charge is -2.08. The third kappa shape index (κ3) is 3.30. The summed E-state index contributed by atoms with van der Waals surface area (Å²) in [5, 5.41) is 7.97. The van der Waals surface area contributed by atoms with Crippen molar-refractivity contribution in [3.05, 3.63) is 11.4 Å². The summed E-state index contributed by atoms with van der Waals surface area (Å²) in [6.45, 7) is 5.32. The lowest BCUT2D eigenvalue weighted by Crippen LogP contribution is -2.16. The van der Waals surface area contributed by atoms with Crippen molar-refractivity contribution in [2.45, 2.75) is 33.4 Å². The quantitative estimate of drug-likeness (QED) is 0.746. The first kappa shape index (κ1) is 12.6. The van der Waals surface area contributed by atoms with E-state index in [0.717, 1.165) is 12.2 Å². The Balaban J connectivity index is 2.91. The minimum absolute atomic E-state index is 0.108. The highest BCUT2D eigenvalue weighted by molar-refractivity contribution is 5.76. The van der Waals surface area contributed by atoms with E-state index in [4.69, 9.17) is 10.5 Å². The zero-order valence-electron chi connectivity index (χ0n) is 9.93. The Hall–Kier alpha value is -1.43. The molecule has 0 bridgehead atoms. The Bertz CT molecular complexity index is 360. The van der Waals surface area contributed by atoms with E-state index < -0.39 is 5.91 Å². The standard InChI is InChI=1S/C10H18N4O2/c1-7(2)5-14-9(6-16-3)8(12-13-14)4-10(11)15/h7H,4-6H2,1-3H3,(H2,11,15). The molecule has 0 atom stereocenters. The van der Waals surface area contributed by atoms with Gasteiger partial charge in [-0.1, -0.05) is 19.1 Å². The number of amides is 1. The van der Waals surface area contributed by atoms with E-state index in [1.165, 1.54) is 0 Å². The Morgan fingerprint density at radius 2 is 2.25 bits per heavy atom. The van der Waals surface area contributed by atoms with Crippen LogP contribution in [0.1, 0.15) is 25.2 Å². The fourth-order valence-electron chi connectivity index (χ4n) is 1.46. The van der Waals surface area contributed by atoms with Crippen molar-refractivity contribution in [3.8, 4) is 0 Å². The second kappa shape index (κ2) is 5.60. The molecule has 0 unspecified atom stereocenters. The number of primary amides is 1. The Kier molecular flexibility index (Phi) is 4.42. The molecular weight excluding hydrogens is 208 g/mol. The van der Waals surface area contributed by atoms with Gasteiger partial charge in [-0.05, 0) is 5.92 Å². The molecule has 0 aliphatic rings. The van der Waals surface area contributed by atoms with Crippen molar-refractivity contribution in [1.82, 2.24) is 15.0 Å². The number of nitrogens with two attached hydrogens (primary N) is 1. The molecule has 1 heterocycles. The second-order valence-corrected chi connectivity index (χ2v) is 4.13. The maximum atomic E-state index is 10.9. The molecule has 1 rings (SSSR count). The summed E-state index contributed by atoms with van der Waals surface area (Å²) >= 11 is 0. The lowest BCUT2D eigenvalue weighted by molar-refractivity contribution is -0.117. The molecule has 0 fully saturated rings. The summed E-state index contributed by atoms with van der Waals surface area (Å²) in [4.78, 5) is 10.9. The van der Waals surface area contributed by atoms with Gasteiger partial charge >= 0.3 is 0 Å². The molecule has 2 N–H and O–H groups in total. The molecule has 0 aliphatic carbocycles. The van der Waals surface area contributed by atoms with Crippen LogP contribution < -0.4 is 5.73 Å². The first-order chi connectivity index (χ1) is 7.54. The van der Waals surface area contributed by atoms with Crippen molar-refractivity contribution in [2.24, 2.45) is 11.7 Å². The van der Waals surface area contributed by atoms with Crippen molar-refractivity contribution in [2.75, 3.05) is 7.11 Å². The number of aromatic nitrogens is 3. The van der Waals surface area contributed by atoms with Crippen LogP contribution in [0.3, 0.4) is 0 Å². The number of ether oxygens (including phenoxy) is 1. The van der Waals surface area contributed by atoms with Gasteiger partial charge in [0.15, 0.2) is 0 Å². The smallest absolute Gasteiger partial charge is 0.223 e. The highest BCUT2D eigenvalue weighted by Crippen LogP contribution is 2.10. The summed E-state index contributed by atoms with van der Waals surface area (Å²) in [6.07, 6.45) is 0.108. The number of hydrogen-bond donors (Lipinski definition) is 1.